The maximum absolute atomic E-state index is 4.24. The van der Waals surface area contributed by atoms with Crippen molar-refractivity contribution >= 4 is 60.2 Å². The third-order valence-corrected chi connectivity index (χ3v) is 6.59. The molecule has 0 unspecified atom stereocenters. The van der Waals surface area contributed by atoms with Crippen LogP contribution >= 0.6 is 0 Å². The lowest BCUT2D eigenvalue weighted by molar-refractivity contribution is 1.23. The number of anilines is 3. The van der Waals surface area contributed by atoms with Crippen molar-refractivity contribution in [3.05, 3.63) is 116 Å². The second kappa shape index (κ2) is 7.01. The van der Waals surface area contributed by atoms with Crippen molar-refractivity contribution in [1.82, 2.24) is 9.97 Å². The molecule has 0 saturated carbocycles. The molecule has 7 aromatic rings. The Morgan fingerprint density at radius 2 is 0.909 bits per heavy atom. The molecule has 0 fully saturated rings. The highest BCUT2D eigenvalue weighted by Gasteiger charge is 2.19. The molecule has 33 heavy (non-hydrogen) atoms. The Kier molecular flexibility index (Phi) is 3.84. The van der Waals surface area contributed by atoms with E-state index in [2.05, 4.69) is 81.6 Å². The first-order chi connectivity index (χ1) is 16.4. The minimum atomic E-state index is 1.07. The van der Waals surface area contributed by atoms with Gasteiger partial charge in [0.15, 0.2) is 0 Å². The maximum atomic E-state index is 4.24. The zero-order valence-corrected chi connectivity index (χ0v) is 17.8. The van der Waals surface area contributed by atoms with Gasteiger partial charge in [-0.25, -0.2) is 0 Å². The van der Waals surface area contributed by atoms with Crippen LogP contribution in [0.2, 0.25) is 0 Å². The molecule has 3 heteroatoms. The van der Waals surface area contributed by atoms with Crippen LogP contribution in [0.3, 0.4) is 0 Å². The fraction of sp³-hybridized carbons (Fsp3) is 0. The SMILES string of the molecule is c1cc2cccc3c4ccc(N(c5ccncc5)c5ccncc5)c5cccc(c(c1)c23)c54. The van der Waals surface area contributed by atoms with E-state index in [1.165, 1.54) is 43.1 Å². The molecular formula is C30H19N3. The van der Waals surface area contributed by atoms with Gasteiger partial charge in [0.1, 0.15) is 0 Å². The highest BCUT2D eigenvalue weighted by molar-refractivity contribution is 6.34. The molecule has 0 amide bonds. The molecule has 0 atom stereocenters. The zero-order valence-electron chi connectivity index (χ0n) is 17.8. The van der Waals surface area contributed by atoms with Crippen LogP contribution in [0.5, 0.6) is 0 Å². The first kappa shape index (κ1) is 18.1. The van der Waals surface area contributed by atoms with Crippen LogP contribution < -0.4 is 4.90 Å². The second-order valence-corrected chi connectivity index (χ2v) is 8.32. The fourth-order valence-corrected chi connectivity index (χ4v) is 5.24. The number of nitrogens with zero attached hydrogens (tertiary/aromatic N) is 3. The summed E-state index contributed by atoms with van der Waals surface area (Å²) >= 11 is 0. The Hall–Kier alpha value is -4.50. The van der Waals surface area contributed by atoms with E-state index in [-0.39, 0.29) is 0 Å². The first-order valence-electron chi connectivity index (χ1n) is 11.1. The molecule has 0 aliphatic rings. The van der Waals surface area contributed by atoms with E-state index in [4.69, 9.17) is 0 Å². The molecule has 154 valence electrons. The van der Waals surface area contributed by atoms with E-state index in [0.29, 0.717) is 0 Å². The molecular weight excluding hydrogens is 402 g/mol. The molecule has 0 aliphatic heterocycles. The average Bonchev–Trinajstić information content (AvgIpc) is 2.89. The predicted octanol–water partition coefficient (Wildman–Crippen LogP) is 8.00. The summed E-state index contributed by atoms with van der Waals surface area (Å²) < 4.78 is 0. The Morgan fingerprint density at radius 3 is 1.52 bits per heavy atom. The van der Waals surface area contributed by atoms with Crippen LogP contribution in [0.1, 0.15) is 0 Å². The van der Waals surface area contributed by atoms with E-state index in [1.54, 1.807) is 0 Å². The van der Waals surface area contributed by atoms with E-state index in [1.807, 2.05) is 49.1 Å². The minimum absolute atomic E-state index is 1.07. The topological polar surface area (TPSA) is 29.0 Å². The lowest BCUT2D eigenvalue weighted by Crippen LogP contribution is -2.10. The summed E-state index contributed by atoms with van der Waals surface area (Å²) in [5.74, 6) is 0. The lowest BCUT2D eigenvalue weighted by Gasteiger charge is -2.27. The molecule has 0 radical (unpaired) electrons. The van der Waals surface area contributed by atoms with Gasteiger partial charge in [-0.3, -0.25) is 9.97 Å². The first-order valence-corrected chi connectivity index (χ1v) is 11.1. The largest absolute Gasteiger partial charge is 0.310 e. The Bertz CT molecular complexity index is 1670. The van der Waals surface area contributed by atoms with E-state index < -0.39 is 0 Å². The fourth-order valence-electron chi connectivity index (χ4n) is 5.24. The van der Waals surface area contributed by atoms with Gasteiger partial charge in [0, 0.05) is 41.5 Å². The number of benzene rings is 5. The van der Waals surface area contributed by atoms with Gasteiger partial charge < -0.3 is 4.90 Å². The molecule has 0 bridgehead atoms. The summed E-state index contributed by atoms with van der Waals surface area (Å²) in [5.41, 5.74) is 3.27. The highest BCUT2D eigenvalue weighted by atomic mass is 15.1. The van der Waals surface area contributed by atoms with Crippen LogP contribution in [-0.4, -0.2) is 9.97 Å². The number of aromatic nitrogens is 2. The minimum Gasteiger partial charge on any atom is -0.310 e. The van der Waals surface area contributed by atoms with Gasteiger partial charge in [-0.2, -0.15) is 0 Å². The molecule has 5 aromatic carbocycles. The molecule has 0 spiro atoms. The van der Waals surface area contributed by atoms with Gasteiger partial charge in [-0.05, 0) is 68.0 Å². The van der Waals surface area contributed by atoms with E-state index >= 15 is 0 Å². The number of fused-ring (bicyclic) bond motifs is 2. The van der Waals surface area contributed by atoms with Crippen LogP contribution in [0.4, 0.5) is 17.1 Å². The number of hydrogen-bond donors (Lipinski definition) is 0. The molecule has 0 N–H and O–H groups in total. The van der Waals surface area contributed by atoms with Gasteiger partial charge in [0.05, 0.1) is 5.69 Å². The normalized spacial score (nSPS) is 11.6. The monoisotopic (exact) mass is 421 g/mol. The quantitative estimate of drug-likeness (QED) is 0.214. The van der Waals surface area contributed by atoms with Crippen LogP contribution in [-0.2, 0) is 0 Å². The van der Waals surface area contributed by atoms with Gasteiger partial charge in [0.25, 0.3) is 0 Å². The molecule has 7 rings (SSSR count). The lowest BCUT2D eigenvalue weighted by atomic mass is 9.89. The van der Waals surface area contributed by atoms with Gasteiger partial charge in [-0.1, -0.05) is 60.7 Å². The summed E-state index contributed by atoms with van der Waals surface area (Å²) in [7, 11) is 0. The van der Waals surface area contributed by atoms with Crippen molar-refractivity contribution in [3.8, 4) is 0 Å². The standard InChI is InChI=1S/C30H19N3/c1-4-20-5-2-7-24-26-10-11-28(27-9-3-8-25(30(26)27)23(6-1)29(20)24)33(21-12-16-31-17-13-21)22-14-18-32-19-15-22/h1-19H. The molecule has 2 heterocycles. The molecule has 3 nitrogen and oxygen atoms in total. The Balaban J connectivity index is 1.64. The number of rotatable bonds is 3. The van der Waals surface area contributed by atoms with Crippen LogP contribution in [0, 0.1) is 0 Å². The van der Waals surface area contributed by atoms with Gasteiger partial charge in [0.2, 0.25) is 0 Å². The molecule has 0 aliphatic carbocycles. The average molecular weight is 422 g/mol. The third kappa shape index (κ3) is 2.63. The second-order valence-electron chi connectivity index (χ2n) is 8.32. The number of hydrogen-bond acceptors (Lipinski definition) is 3. The van der Waals surface area contributed by atoms with Crippen LogP contribution in [0.25, 0.3) is 43.1 Å². The van der Waals surface area contributed by atoms with Crippen LogP contribution in [0.15, 0.2) is 116 Å². The Morgan fingerprint density at radius 1 is 0.424 bits per heavy atom. The van der Waals surface area contributed by atoms with Crippen molar-refractivity contribution in [2.75, 3.05) is 4.90 Å². The van der Waals surface area contributed by atoms with Crippen molar-refractivity contribution in [3.63, 3.8) is 0 Å². The van der Waals surface area contributed by atoms with Crippen molar-refractivity contribution < 1.29 is 0 Å². The Labute approximate surface area is 190 Å². The van der Waals surface area contributed by atoms with E-state index in [0.717, 1.165) is 17.1 Å². The summed E-state index contributed by atoms with van der Waals surface area (Å²) in [6, 6.07) is 32.6. The van der Waals surface area contributed by atoms with Gasteiger partial charge >= 0.3 is 0 Å². The molecule has 0 saturated heterocycles. The van der Waals surface area contributed by atoms with Crippen molar-refractivity contribution in [2.45, 2.75) is 0 Å². The van der Waals surface area contributed by atoms with Gasteiger partial charge in [-0.15, -0.1) is 0 Å². The predicted molar refractivity (Wildman–Crippen MR) is 138 cm³/mol. The van der Waals surface area contributed by atoms with E-state index in [9.17, 15) is 0 Å². The number of pyridine rings is 2. The highest BCUT2D eigenvalue weighted by Crippen LogP contribution is 2.45. The van der Waals surface area contributed by atoms with Crippen molar-refractivity contribution in [1.29, 1.82) is 0 Å². The third-order valence-electron chi connectivity index (χ3n) is 6.59. The zero-order chi connectivity index (χ0) is 21.8. The smallest absolute Gasteiger partial charge is 0.0540 e. The summed E-state index contributed by atoms with van der Waals surface area (Å²) in [6.45, 7) is 0. The summed E-state index contributed by atoms with van der Waals surface area (Å²) in [4.78, 5) is 10.8. The summed E-state index contributed by atoms with van der Waals surface area (Å²) in [6.07, 6.45) is 7.36. The summed E-state index contributed by atoms with van der Waals surface area (Å²) in [5, 5.41) is 10.3. The maximum Gasteiger partial charge on any atom is 0.0540 e. The molecule has 2 aromatic heterocycles. The van der Waals surface area contributed by atoms with Crippen molar-refractivity contribution in [2.24, 2.45) is 0 Å².